The van der Waals surface area contributed by atoms with Gasteiger partial charge in [-0.15, -0.1) is 0 Å². The molecule has 0 aromatic heterocycles. The summed E-state index contributed by atoms with van der Waals surface area (Å²) in [5.41, 5.74) is 1.07. The van der Waals surface area contributed by atoms with E-state index in [0.717, 1.165) is 38.8 Å². The zero-order valence-corrected chi connectivity index (χ0v) is 11.1. The Labute approximate surface area is 95.1 Å². The van der Waals surface area contributed by atoms with Gasteiger partial charge >= 0.3 is 0 Å². The van der Waals surface area contributed by atoms with Crippen LogP contribution in [0, 0.1) is 0 Å². The first-order chi connectivity index (χ1) is 7.16. The van der Waals surface area contributed by atoms with Gasteiger partial charge in [0, 0.05) is 18.9 Å². The van der Waals surface area contributed by atoms with Crippen LogP contribution in [-0.4, -0.2) is 24.5 Å². The number of nitrogens with zero attached hydrogens (tertiary/aromatic N) is 1. The normalized spacial score (nSPS) is 16.5. The van der Waals surface area contributed by atoms with E-state index >= 15 is 0 Å². The molecule has 2 nitrogen and oxygen atoms in total. The zero-order chi connectivity index (χ0) is 11.7. The van der Waals surface area contributed by atoms with E-state index < -0.39 is 0 Å². The van der Waals surface area contributed by atoms with Crippen molar-refractivity contribution in [2.45, 2.75) is 65.9 Å². The molecule has 0 spiro atoms. The summed E-state index contributed by atoms with van der Waals surface area (Å²) < 4.78 is 6.05. The van der Waals surface area contributed by atoms with Gasteiger partial charge in [0.1, 0.15) is 5.60 Å². The van der Waals surface area contributed by atoms with Gasteiger partial charge in [-0.25, -0.2) is 0 Å². The second-order valence-electron chi connectivity index (χ2n) is 4.01. The van der Waals surface area contributed by atoms with E-state index in [1.54, 1.807) is 0 Å². The molecule has 0 aliphatic heterocycles. The Kier molecular flexibility index (Phi) is 7.67. The molecule has 0 rings (SSSR count). The molecule has 0 fully saturated rings. The molecule has 15 heavy (non-hydrogen) atoms. The van der Waals surface area contributed by atoms with Crippen LogP contribution in [0.3, 0.4) is 0 Å². The van der Waals surface area contributed by atoms with Crippen LogP contribution in [0.25, 0.3) is 0 Å². The van der Waals surface area contributed by atoms with Gasteiger partial charge in [0.15, 0.2) is 0 Å². The van der Waals surface area contributed by atoms with Crippen molar-refractivity contribution in [1.29, 1.82) is 0 Å². The van der Waals surface area contributed by atoms with Crippen molar-refractivity contribution in [2.75, 3.05) is 13.2 Å². The van der Waals surface area contributed by atoms with Crippen molar-refractivity contribution < 1.29 is 4.74 Å². The third-order valence-corrected chi connectivity index (χ3v) is 2.86. The van der Waals surface area contributed by atoms with E-state index in [1.165, 1.54) is 5.71 Å². The molecule has 0 aromatic rings. The Balaban J connectivity index is 4.70. The quantitative estimate of drug-likeness (QED) is 0.561. The smallest absolute Gasteiger partial charge is 0.105 e. The van der Waals surface area contributed by atoms with Gasteiger partial charge < -0.3 is 4.74 Å². The van der Waals surface area contributed by atoms with Crippen molar-refractivity contribution in [1.82, 2.24) is 0 Å². The van der Waals surface area contributed by atoms with Crippen LogP contribution in [0.1, 0.15) is 60.3 Å². The van der Waals surface area contributed by atoms with Crippen LogP contribution in [0.15, 0.2) is 4.99 Å². The van der Waals surface area contributed by atoms with Gasteiger partial charge in [0.2, 0.25) is 0 Å². The Hall–Kier alpha value is -0.370. The third kappa shape index (κ3) is 4.33. The molecule has 0 N–H and O–H groups in total. The number of rotatable bonds is 8. The van der Waals surface area contributed by atoms with Crippen molar-refractivity contribution in [2.24, 2.45) is 4.99 Å². The van der Waals surface area contributed by atoms with Crippen LogP contribution >= 0.6 is 0 Å². The predicted octanol–water partition coefficient (Wildman–Crippen LogP) is 3.84. The minimum Gasteiger partial charge on any atom is -0.369 e. The molecule has 1 atom stereocenters. The summed E-state index contributed by atoms with van der Waals surface area (Å²) in [6, 6.07) is 0. The highest BCUT2D eigenvalue weighted by molar-refractivity contribution is 5.90. The summed E-state index contributed by atoms with van der Waals surface area (Å²) in [5.74, 6) is 0. The molecular weight excluding hydrogens is 186 g/mol. The zero-order valence-electron chi connectivity index (χ0n) is 11.1. The molecule has 0 saturated heterocycles. The number of hydrogen-bond donors (Lipinski definition) is 0. The molecule has 1 unspecified atom stereocenters. The predicted molar refractivity (Wildman–Crippen MR) is 67.8 cm³/mol. The lowest BCUT2D eigenvalue weighted by atomic mass is 9.89. The van der Waals surface area contributed by atoms with Gasteiger partial charge in [0.05, 0.1) is 0 Å². The Morgan fingerprint density at radius 2 is 1.80 bits per heavy atom. The largest absolute Gasteiger partial charge is 0.369 e. The van der Waals surface area contributed by atoms with Gasteiger partial charge in [-0.05, 0) is 33.1 Å². The number of ether oxygens (including phenoxy) is 1. The van der Waals surface area contributed by atoms with Crippen molar-refractivity contribution in [3.05, 3.63) is 0 Å². The molecule has 0 saturated carbocycles. The van der Waals surface area contributed by atoms with Gasteiger partial charge in [-0.2, -0.15) is 0 Å². The molecule has 0 bridgehead atoms. The number of hydrogen-bond acceptors (Lipinski definition) is 2. The molecule has 2 heteroatoms. The van der Waals surface area contributed by atoms with Crippen molar-refractivity contribution >= 4 is 5.71 Å². The fourth-order valence-electron chi connectivity index (χ4n) is 1.97. The average Bonchev–Trinajstić information content (AvgIpc) is 2.24. The first-order valence-electron chi connectivity index (χ1n) is 6.32. The molecule has 0 aliphatic rings. The molecule has 0 aliphatic carbocycles. The summed E-state index contributed by atoms with van der Waals surface area (Å²) in [6.45, 7) is 12.4. The van der Waals surface area contributed by atoms with Gasteiger partial charge in [0.25, 0.3) is 0 Å². The van der Waals surface area contributed by atoms with Crippen molar-refractivity contribution in [3.63, 3.8) is 0 Å². The van der Waals surface area contributed by atoms with Crippen LogP contribution in [0.5, 0.6) is 0 Å². The highest BCUT2D eigenvalue weighted by Gasteiger charge is 2.30. The molecule has 0 amide bonds. The molecule has 0 aromatic carbocycles. The van der Waals surface area contributed by atoms with Crippen LogP contribution in [0.2, 0.25) is 0 Å². The van der Waals surface area contributed by atoms with E-state index in [0.29, 0.717) is 0 Å². The highest BCUT2D eigenvalue weighted by atomic mass is 16.5. The summed E-state index contributed by atoms with van der Waals surface area (Å²) in [4.78, 5) is 4.53. The van der Waals surface area contributed by atoms with E-state index in [-0.39, 0.29) is 5.60 Å². The molecule has 0 radical (unpaired) electrons. The Bertz CT molecular complexity index is 189. The lowest BCUT2D eigenvalue weighted by Crippen LogP contribution is -2.40. The minimum atomic E-state index is -0.0965. The standard InChI is InChI=1S/C13H27NO/c1-6-10-13(8-3,15-11-7-2)12(5)14-9-4/h6-11H2,1-5H3. The molecular formula is C13H27NO. The maximum atomic E-state index is 6.05. The fraction of sp³-hybridized carbons (Fsp3) is 0.923. The van der Waals surface area contributed by atoms with E-state index in [4.69, 9.17) is 4.74 Å². The SMILES string of the molecule is CCCOC(CC)(CCC)C(C)=NCC. The summed E-state index contributed by atoms with van der Waals surface area (Å²) in [6.07, 6.45) is 4.33. The minimum absolute atomic E-state index is 0.0965. The topological polar surface area (TPSA) is 21.6 Å². The van der Waals surface area contributed by atoms with Crippen LogP contribution in [0.4, 0.5) is 0 Å². The lowest BCUT2D eigenvalue weighted by Gasteiger charge is -2.33. The fourth-order valence-corrected chi connectivity index (χ4v) is 1.97. The van der Waals surface area contributed by atoms with Gasteiger partial charge in [-0.1, -0.05) is 27.2 Å². The first-order valence-corrected chi connectivity index (χ1v) is 6.32. The molecule has 0 heterocycles. The van der Waals surface area contributed by atoms with E-state index in [9.17, 15) is 0 Å². The second kappa shape index (κ2) is 7.86. The summed E-state index contributed by atoms with van der Waals surface area (Å²) in [7, 11) is 0. The maximum absolute atomic E-state index is 6.05. The molecule has 90 valence electrons. The monoisotopic (exact) mass is 213 g/mol. The summed E-state index contributed by atoms with van der Waals surface area (Å²) >= 11 is 0. The third-order valence-electron chi connectivity index (χ3n) is 2.86. The maximum Gasteiger partial charge on any atom is 0.105 e. The number of aliphatic imine (C=N–C) groups is 1. The Morgan fingerprint density at radius 3 is 2.20 bits per heavy atom. The van der Waals surface area contributed by atoms with Crippen LogP contribution < -0.4 is 0 Å². The first kappa shape index (κ1) is 14.6. The Morgan fingerprint density at radius 1 is 1.13 bits per heavy atom. The lowest BCUT2D eigenvalue weighted by molar-refractivity contribution is -0.00230. The van der Waals surface area contributed by atoms with Crippen LogP contribution in [-0.2, 0) is 4.74 Å². The average molecular weight is 213 g/mol. The van der Waals surface area contributed by atoms with Crippen molar-refractivity contribution in [3.8, 4) is 0 Å². The van der Waals surface area contributed by atoms with E-state index in [2.05, 4.69) is 39.6 Å². The van der Waals surface area contributed by atoms with E-state index in [1.807, 2.05) is 0 Å². The summed E-state index contributed by atoms with van der Waals surface area (Å²) in [5, 5.41) is 0. The second-order valence-corrected chi connectivity index (χ2v) is 4.01. The highest BCUT2D eigenvalue weighted by Crippen LogP contribution is 2.25. The van der Waals surface area contributed by atoms with Gasteiger partial charge in [-0.3, -0.25) is 4.99 Å².